The second kappa shape index (κ2) is 9.31. The number of carbonyl (C=O) groups excluding carboxylic acids is 1. The van der Waals surface area contributed by atoms with Crippen LogP contribution >= 0.6 is 0 Å². The van der Waals surface area contributed by atoms with E-state index in [0.29, 0.717) is 0 Å². The summed E-state index contributed by atoms with van der Waals surface area (Å²) < 4.78 is 6.24. The molecule has 1 atom stereocenters. The Bertz CT molecular complexity index is 545. The fourth-order valence-corrected chi connectivity index (χ4v) is 4.08. The molecule has 1 heterocycles. The minimum atomic E-state index is 0. The number of hydrogen-bond acceptors (Lipinski definition) is 2. The fraction of sp³-hybridized carbons (Fsp3) is 0.632. The standard InChI is InChI=1S/C19H30N2O2.Y/c1-6-17(21(7-2)10-8-9-11-21)19(22)20-18-14(3)12-16(23-5)13-15(18)4;/h12-13,17H,6-11H2,1-5H3;/p+1. The molecule has 1 saturated heterocycles. The monoisotopic (exact) mass is 408 g/mol. The predicted octanol–water partition coefficient (Wildman–Crippen LogP) is 3.66. The van der Waals surface area contributed by atoms with Crippen molar-refractivity contribution in [2.24, 2.45) is 0 Å². The van der Waals surface area contributed by atoms with Crippen molar-refractivity contribution >= 4 is 11.6 Å². The molecule has 1 fully saturated rings. The molecule has 0 aromatic heterocycles. The zero-order valence-corrected chi connectivity index (χ0v) is 18.7. The van der Waals surface area contributed by atoms with Crippen LogP contribution in [0.25, 0.3) is 0 Å². The second-order valence-corrected chi connectivity index (χ2v) is 6.74. The number of methoxy groups -OCH3 is 1. The van der Waals surface area contributed by atoms with E-state index in [1.165, 1.54) is 12.8 Å². The molecule has 1 aromatic rings. The van der Waals surface area contributed by atoms with E-state index < -0.39 is 0 Å². The van der Waals surface area contributed by atoms with E-state index in [9.17, 15) is 4.79 Å². The van der Waals surface area contributed by atoms with Gasteiger partial charge in [0.05, 0.1) is 26.7 Å². The van der Waals surface area contributed by atoms with Crippen LogP contribution in [0.5, 0.6) is 5.75 Å². The summed E-state index contributed by atoms with van der Waals surface area (Å²) in [5.41, 5.74) is 3.03. The Balaban J connectivity index is 0.00000288. The Morgan fingerprint density at radius 3 is 2.17 bits per heavy atom. The molecule has 4 nitrogen and oxygen atoms in total. The number of hydrogen-bond donors (Lipinski definition) is 1. The molecule has 1 radical (unpaired) electrons. The van der Waals surface area contributed by atoms with E-state index in [4.69, 9.17) is 4.74 Å². The number of ether oxygens (including phenoxy) is 1. The number of aryl methyl sites for hydroxylation is 2. The topological polar surface area (TPSA) is 38.3 Å². The van der Waals surface area contributed by atoms with Crippen molar-refractivity contribution in [3.8, 4) is 5.75 Å². The van der Waals surface area contributed by atoms with Crippen LogP contribution in [0, 0.1) is 13.8 Å². The molecule has 1 N–H and O–H groups in total. The average Bonchev–Trinajstić information content (AvgIpc) is 3.01. The van der Waals surface area contributed by atoms with Crippen LogP contribution < -0.4 is 10.1 Å². The maximum absolute atomic E-state index is 13.0. The van der Waals surface area contributed by atoms with E-state index in [-0.39, 0.29) is 44.7 Å². The molecule has 0 saturated carbocycles. The van der Waals surface area contributed by atoms with Gasteiger partial charge < -0.3 is 14.5 Å². The molecule has 131 valence electrons. The van der Waals surface area contributed by atoms with E-state index in [1.807, 2.05) is 26.0 Å². The minimum Gasteiger partial charge on any atom is -0.497 e. The van der Waals surface area contributed by atoms with Gasteiger partial charge in [-0.25, -0.2) is 0 Å². The zero-order chi connectivity index (χ0) is 17.0. The van der Waals surface area contributed by atoms with Gasteiger partial charge in [0.2, 0.25) is 0 Å². The predicted molar refractivity (Wildman–Crippen MR) is 94.9 cm³/mol. The number of carbonyl (C=O) groups is 1. The molecule has 1 amide bonds. The number of likely N-dealkylation sites (tertiary alicyclic amines) is 1. The van der Waals surface area contributed by atoms with E-state index >= 15 is 0 Å². The van der Waals surface area contributed by atoms with Crippen LogP contribution in [0.15, 0.2) is 12.1 Å². The van der Waals surface area contributed by atoms with Gasteiger partial charge in [-0.05, 0) is 44.0 Å². The van der Waals surface area contributed by atoms with Gasteiger partial charge in [-0.2, -0.15) is 0 Å². The Morgan fingerprint density at radius 2 is 1.75 bits per heavy atom. The number of nitrogens with one attached hydrogen (secondary N) is 1. The van der Waals surface area contributed by atoms with Crippen LogP contribution in [0.2, 0.25) is 0 Å². The maximum atomic E-state index is 13.0. The summed E-state index contributed by atoms with van der Waals surface area (Å²) in [5.74, 6) is 0.995. The summed E-state index contributed by atoms with van der Waals surface area (Å²) in [6, 6.07) is 4.00. The molecule has 0 bridgehead atoms. The molecule has 2 rings (SSSR count). The van der Waals surface area contributed by atoms with Crippen molar-refractivity contribution in [2.75, 3.05) is 32.1 Å². The molecule has 0 spiro atoms. The van der Waals surface area contributed by atoms with Crippen molar-refractivity contribution in [1.82, 2.24) is 0 Å². The van der Waals surface area contributed by atoms with Crippen molar-refractivity contribution in [3.63, 3.8) is 0 Å². The molecular formula is C19H31N2O2Y+. The summed E-state index contributed by atoms with van der Waals surface area (Å²) >= 11 is 0. The number of likely N-dealkylation sites (N-methyl/N-ethyl adjacent to an activating group) is 1. The summed E-state index contributed by atoms with van der Waals surface area (Å²) in [6.45, 7) is 11.7. The first-order valence-corrected chi connectivity index (χ1v) is 8.79. The quantitative estimate of drug-likeness (QED) is 0.730. The van der Waals surface area contributed by atoms with Crippen LogP contribution in [-0.4, -0.2) is 43.2 Å². The normalized spacial score (nSPS) is 17.0. The van der Waals surface area contributed by atoms with Gasteiger partial charge in [0, 0.05) is 57.7 Å². The van der Waals surface area contributed by atoms with Gasteiger partial charge in [-0.3, -0.25) is 4.79 Å². The van der Waals surface area contributed by atoms with E-state index in [2.05, 4.69) is 19.2 Å². The van der Waals surface area contributed by atoms with Crippen LogP contribution in [0.3, 0.4) is 0 Å². The van der Waals surface area contributed by atoms with Crippen molar-refractivity contribution in [3.05, 3.63) is 23.3 Å². The van der Waals surface area contributed by atoms with E-state index in [1.54, 1.807) is 7.11 Å². The molecular weight excluding hydrogens is 377 g/mol. The fourth-order valence-electron chi connectivity index (χ4n) is 4.08. The maximum Gasteiger partial charge on any atom is 0.282 e. The Labute approximate surface area is 171 Å². The second-order valence-electron chi connectivity index (χ2n) is 6.74. The SMILES string of the molecule is CCC(C(=O)Nc1c(C)cc(OC)cc1C)[N+]1(CC)CCCC1.[Y]. The first-order valence-electron chi connectivity index (χ1n) is 8.79. The van der Waals surface area contributed by atoms with Crippen LogP contribution in [0.1, 0.15) is 44.2 Å². The molecule has 1 aromatic carbocycles. The van der Waals surface area contributed by atoms with Gasteiger partial charge in [-0.1, -0.05) is 6.92 Å². The Morgan fingerprint density at radius 1 is 1.21 bits per heavy atom. The zero-order valence-electron chi connectivity index (χ0n) is 15.8. The Hall–Kier alpha value is -0.446. The molecule has 1 aliphatic heterocycles. The van der Waals surface area contributed by atoms with Gasteiger partial charge >= 0.3 is 0 Å². The van der Waals surface area contributed by atoms with Crippen molar-refractivity contribution < 1.29 is 46.7 Å². The number of amides is 1. The number of quaternary nitrogens is 1. The number of anilines is 1. The largest absolute Gasteiger partial charge is 0.497 e. The average molecular weight is 408 g/mol. The van der Waals surface area contributed by atoms with Crippen LogP contribution in [-0.2, 0) is 37.5 Å². The summed E-state index contributed by atoms with van der Waals surface area (Å²) in [4.78, 5) is 13.0. The molecule has 0 aliphatic carbocycles. The van der Waals surface area contributed by atoms with E-state index in [0.717, 1.165) is 53.1 Å². The van der Waals surface area contributed by atoms with Crippen LogP contribution in [0.4, 0.5) is 5.69 Å². The van der Waals surface area contributed by atoms with Crippen molar-refractivity contribution in [2.45, 2.75) is 53.0 Å². The third-order valence-corrected chi connectivity index (χ3v) is 5.43. The van der Waals surface area contributed by atoms with Gasteiger partial charge in [0.15, 0.2) is 6.04 Å². The number of nitrogens with zero attached hydrogens (tertiary/aromatic N) is 1. The van der Waals surface area contributed by atoms with Gasteiger partial charge in [0.25, 0.3) is 5.91 Å². The van der Waals surface area contributed by atoms with Gasteiger partial charge in [-0.15, -0.1) is 0 Å². The molecule has 5 heteroatoms. The minimum absolute atomic E-state index is 0. The smallest absolute Gasteiger partial charge is 0.282 e. The first-order chi connectivity index (χ1) is 11.0. The molecule has 24 heavy (non-hydrogen) atoms. The molecule has 1 unspecified atom stereocenters. The summed E-state index contributed by atoms with van der Waals surface area (Å²) in [5, 5.41) is 3.21. The Kier molecular flexibility index (Phi) is 8.37. The number of benzene rings is 1. The van der Waals surface area contributed by atoms with Crippen molar-refractivity contribution in [1.29, 1.82) is 0 Å². The number of rotatable bonds is 6. The summed E-state index contributed by atoms with van der Waals surface area (Å²) in [6.07, 6.45) is 3.35. The third-order valence-electron chi connectivity index (χ3n) is 5.43. The first kappa shape index (κ1) is 21.6. The van der Waals surface area contributed by atoms with Gasteiger partial charge in [0.1, 0.15) is 5.75 Å². The summed E-state index contributed by atoms with van der Waals surface area (Å²) in [7, 11) is 1.67. The third kappa shape index (κ3) is 4.39. The molecule has 1 aliphatic rings.